The fourth-order valence-electron chi connectivity index (χ4n) is 0. The van der Waals surface area contributed by atoms with E-state index in [-0.39, 0.29) is 96.8 Å². The van der Waals surface area contributed by atoms with Crippen molar-refractivity contribution >= 4 is 11.0 Å². The first-order valence-electron chi connectivity index (χ1n) is 0. The number of rotatable bonds is 0. The summed E-state index contributed by atoms with van der Waals surface area (Å²) in [7, 11) is 0. The zero-order valence-corrected chi connectivity index (χ0v) is 9.85. The van der Waals surface area contributed by atoms with Crippen LogP contribution in [0.4, 0.5) is 0 Å². The van der Waals surface area contributed by atoms with Gasteiger partial charge in [0, 0.05) is 96.8 Å². The van der Waals surface area contributed by atoms with Crippen molar-refractivity contribution in [1.29, 1.82) is 0 Å². The fraction of sp³-hybridized carbons (Fsp3) is 0. The molecule has 0 aromatic rings. The third-order valence-corrected chi connectivity index (χ3v) is 0. The third-order valence-electron chi connectivity index (χ3n) is 0. The Labute approximate surface area is 94.7 Å². The molecule has 0 N–H and O–H groups in total. The van der Waals surface area contributed by atoms with Crippen LogP contribution in [0.15, 0.2) is 0 Å². The smallest absolute Gasteiger partial charge is 0 e. The standard InChI is InChI=1S/Ce.Nb.Si.Ti. The Kier molecular flexibility index (Phi) is 115. The van der Waals surface area contributed by atoms with Crippen molar-refractivity contribution in [3.05, 3.63) is 0 Å². The van der Waals surface area contributed by atoms with E-state index in [1.807, 2.05) is 0 Å². The number of hydrogen-bond donors (Lipinski definition) is 0. The van der Waals surface area contributed by atoms with Crippen LogP contribution in [0.1, 0.15) is 0 Å². The molecule has 0 rings (SSSR count). The zero-order chi connectivity index (χ0) is 0. The van der Waals surface area contributed by atoms with E-state index < -0.39 is 0 Å². The van der Waals surface area contributed by atoms with Crippen LogP contribution in [0, 0.1) is 41.7 Å². The predicted molar refractivity (Wildman–Crippen MR) is 5.75 cm³/mol. The largest absolute Gasteiger partial charge is 0 e. The van der Waals surface area contributed by atoms with Crippen molar-refractivity contribution in [1.82, 2.24) is 0 Å². The summed E-state index contributed by atoms with van der Waals surface area (Å²) in [6.45, 7) is 0. The molecule has 0 saturated carbocycles. The van der Waals surface area contributed by atoms with Gasteiger partial charge in [-0.3, -0.25) is 0 Å². The van der Waals surface area contributed by atoms with Crippen LogP contribution in [0.25, 0.3) is 0 Å². The number of hydrogen-bond acceptors (Lipinski definition) is 0. The second kappa shape index (κ2) is 16.6. The van der Waals surface area contributed by atoms with E-state index in [0.29, 0.717) is 0 Å². The summed E-state index contributed by atoms with van der Waals surface area (Å²) < 4.78 is 0. The van der Waals surface area contributed by atoms with E-state index in [9.17, 15) is 0 Å². The van der Waals surface area contributed by atoms with Crippen molar-refractivity contribution in [2.24, 2.45) is 0 Å². The molecule has 0 aliphatic heterocycles. The zero-order valence-electron chi connectivity index (χ0n) is 1.95. The average molecular weight is 309 g/mol. The SMILES string of the molecule is [Ce].[Nb].[Si].[Ti]. The molecule has 4 heteroatoms. The summed E-state index contributed by atoms with van der Waals surface area (Å²) in [5, 5.41) is 0. The van der Waals surface area contributed by atoms with Gasteiger partial charge in [0.15, 0.2) is 0 Å². The molecule has 0 spiro atoms. The molecule has 0 unspecified atom stereocenters. The summed E-state index contributed by atoms with van der Waals surface area (Å²) >= 11 is 0. The molecule has 0 nitrogen and oxygen atoms in total. The second-order valence-electron chi connectivity index (χ2n) is 0. The Balaban J connectivity index is 0. The maximum absolute atomic E-state index is 0. The molecule has 0 aliphatic carbocycles. The first-order valence-corrected chi connectivity index (χ1v) is 0. The Morgan fingerprint density at radius 3 is 1.00 bits per heavy atom. The minimum absolute atomic E-state index is 0. The predicted octanol–water partition coefficient (Wildman–Crippen LogP) is -0.386. The van der Waals surface area contributed by atoms with E-state index in [0.717, 1.165) is 0 Å². The van der Waals surface area contributed by atoms with Crippen molar-refractivity contribution in [2.45, 2.75) is 0 Å². The van der Waals surface area contributed by atoms with Crippen molar-refractivity contribution in [2.75, 3.05) is 0 Å². The van der Waals surface area contributed by atoms with E-state index >= 15 is 0 Å². The van der Waals surface area contributed by atoms with Gasteiger partial charge in [-0.25, -0.2) is 0 Å². The van der Waals surface area contributed by atoms with Crippen LogP contribution >= 0.6 is 0 Å². The van der Waals surface area contributed by atoms with Crippen LogP contribution in [-0.4, -0.2) is 11.0 Å². The third kappa shape index (κ3) is 8.90. The molecule has 0 aromatic carbocycles. The van der Waals surface area contributed by atoms with Gasteiger partial charge in [0.2, 0.25) is 0 Å². The summed E-state index contributed by atoms with van der Waals surface area (Å²) in [5.74, 6) is 0. The van der Waals surface area contributed by atoms with Gasteiger partial charge in [-0.05, 0) is 0 Å². The molecule has 0 aromatic heterocycles. The molecule has 0 heterocycles. The first kappa shape index (κ1) is 27.7. The van der Waals surface area contributed by atoms with Gasteiger partial charge >= 0.3 is 0 Å². The van der Waals surface area contributed by atoms with E-state index in [1.165, 1.54) is 0 Å². The first-order chi connectivity index (χ1) is 0. The molecule has 4 heavy (non-hydrogen) atoms. The second-order valence-corrected chi connectivity index (χ2v) is 0. The van der Waals surface area contributed by atoms with Crippen LogP contribution in [-0.2, 0) is 44.1 Å². The van der Waals surface area contributed by atoms with E-state index in [2.05, 4.69) is 0 Å². The average Bonchev–Trinajstić information content (AvgIpc) is 0. The molecule has 0 saturated heterocycles. The van der Waals surface area contributed by atoms with Crippen LogP contribution in [0.2, 0.25) is 0 Å². The molecule has 0 aliphatic rings. The van der Waals surface area contributed by atoms with E-state index in [1.54, 1.807) is 0 Å². The summed E-state index contributed by atoms with van der Waals surface area (Å²) in [6, 6.07) is 0. The topological polar surface area (TPSA) is 0 Å². The van der Waals surface area contributed by atoms with Gasteiger partial charge in [-0.15, -0.1) is 0 Å². The minimum Gasteiger partial charge on any atom is 0 e. The van der Waals surface area contributed by atoms with Crippen molar-refractivity contribution in [3.63, 3.8) is 0 Å². The van der Waals surface area contributed by atoms with Gasteiger partial charge in [0.05, 0.1) is 0 Å². The molecular weight excluding hydrogens is 309 g/mol. The molecule has 0 atom stereocenters. The Morgan fingerprint density at radius 1 is 1.00 bits per heavy atom. The quantitative estimate of drug-likeness (QED) is 0.535. The van der Waals surface area contributed by atoms with Crippen molar-refractivity contribution < 1.29 is 85.8 Å². The molecule has 17 valence electrons. The molecule has 0 fully saturated rings. The summed E-state index contributed by atoms with van der Waals surface area (Å²) in [6.07, 6.45) is 0. The normalized spacial score (nSPS) is 0. The molecule has 0 bridgehead atoms. The minimum atomic E-state index is 0. The summed E-state index contributed by atoms with van der Waals surface area (Å²) in [4.78, 5) is 0. The Morgan fingerprint density at radius 2 is 1.00 bits per heavy atom. The Hall–Kier alpha value is 3.05. The van der Waals surface area contributed by atoms with Crippen LogP contribution in [0.5, 0.6) is 0 Å². The Bertz CT molecular complexity index is 8.00. The maximum Gasteiger partial charge on any atom is 0 e. The van der Waals surface area contributed by atoms with E-state index in [4.69, 9.17) is 0 Å². The summed E-state index contributed by atoms with van der Waals surface area (Å²) in [5.41, 5.74) is 0. The molecule has 0 amide bonds. The van der Waals surface area contributed by atoms with Gasteiger partial charge in [-0.1, -0.05) is 0 Å². The van der Waals surface area contributed by atoms with Gasteiger partial charge < -0.3 is 0 Å². The van der Waals surface area contributed by atoms with Crippen LogP contribution < -0.4 is 0 Å². The van der Waals surface area contributed by atoms with Crippen molar-refractivity contribution in [3.8, 4) is 0 Å². The fourth-order valence-corrected chi connectivity index (χ4v) is 0. The molecule has 5 radical (unpaired) electrons. The van der Waals surface area contributed by atoms with Gasteiger partial charge in [0.25, 0.3) is 0 Å². The molecular formula is CeNbSiTi. The van der Waals surface area contributed by atoms with Crippen LogP contribution in [0.3, 0.4) is 0 Å². The van der Waals surface area contributed by atoms with Gasteiger partial charge in [0.1, 0.15) is 0 Å². The maximum atomic E-state index is 0. The van der Waals surface area contributed by atoms with Gasteiger partial charge in [-0.2, -0.15) is 0 Å². The monoisotopic (exact) mass is 309 g/mol.